The van der Waals surface area contributed by atoms with Crippen molar-refractivity contribution in [3.8, 4) is 17.1 Å². The molecule has 0 saturated heterocycles. The van der Waals surface area contributed by atoms with Gasteiger partial charge in [-0.2, -0.15) is 5.10 Å². The van der Waals surface area contributed by atoms with Crippen molar-refractivity contribution in [2.24, 2.45) is 0 Å². The first-order valence-corrected chi connectivity index (χ1v) is 9.43. The minimum atomic E-state index is 0.0715. The predicted octanol–water partition coefficient (Wildman–Crippen LogP) is 3.73. The Balaban J connectivity index is 1.69. The van der Waals surface area contributed by atoms with Crippen molar-refractivity contribution in [3.63, 3.8) is 0 Å². The summed E-state index contributed by atoms with van der Waals surface area (Å²) >= 11 is 6.98. The normalized spacial score (nSPS) is 10.7. The van der Waals surface area contributed by atoms with Crippen LogP contribution in [0.3, 0.4) is 0 Å². The number of H-pyrrole nitrogens is 1. The monoisotopic (exact) mass is 388 g/mol. The first kappa shape index (κ1) is 18.3. The number of rotatable bonds is 7. The summed E-state index contributed by atoms with van der Waals surface area (Å²) in [6.07, 6.45) is 0.360. The van der Waals surface area contributed by atoms with E-state index in [-0.39, 0.29) is 5.91 Å². The number of benzene rings is 1. The smallest absolute Gasteiger partial charge is 0.224 e. The molecule has 26 heavy (non-hydrogen) atoms. The van der Waals surface area contributed by atoms with Gasteiger partial charge < -0.3 is 9.64 Å². The molecule has 0 radical (unpaired) electrons. The van der Waals surface area contributed by atoms with Gasteiger partial charge in [0.25, 0.3) is 0 Å². The minimum Gasteiger partial charge on any atom is -0.497 e. The van der Waals surface area contributed by atoms with Crippen LogP contribution < -0.4 is 4.74 Å². The van der Waals surface area contributed by atoms with Gasteiger partial charge in [0.05, 0.1) is 13.7 Å². The number of thiophene rings is 1. The van der Waals surface area contributed by atoms with Gasteiger partial charge in [-0.25, -0.2) is 0 Å². The van der Waals surface area contributed by atoms with Crippen LogP contribution in [0.1, 0.15) is 11.3 Å². The standard InChI is InChI=1S/C18H20N4O2S2/c1-21(12-15-4-3-11-26-15)16(23)9-10-22-17(19-20-18(22)25)13-5-7-14(24-2)8-6-13/h3-8,11H,9-10,12H2,1-2H3,(H,20,25). The highest BCUT2D eigenvalue weighted by Crippen LogP contribution is 2.21. The molecule has 1 aromatic carbocycles. The molecule has 3 aromatic rings. The molecule has 0 aliphatic heterocycles. The lowest BCUT2D eigenvalue weighted by Crippen LogP contribution is -2.26. The zero-order valence-corrected chi connectivity index (χ0v) is 16.3. The first-order valence-electron chi connectivity index (χ1n) is 8.14. The zero-order valence-electron chi connectivity index (χ0n) is 14.6. The van der Waals surface area contributed by atoms with E-state index in [0.29, 0.717) is 30.1 Å². The van der Waals surface area contributed by atoms with Crippen LogP contribution in [-0.2, 0) is 17.9 Å². The third-order valence-electron chi connectivity index (χ3n) is 4.05. The summed E-state index contributed by atoms with van der Waals surface area (Å²) in [6, 6.07) is 11.6. The fraction of sp³-hybridized carbons (Fsp3) is 0.278. The van der Waals surface area contributed by atoms with Gasteiger partial charge in [0.2, 0.25) is 5.91 Å². The summed E-state index contributed by atoms with van der Waals surface area (Å²) < 4.78 is 7.54. The van der Waals surface area contributed by atoms with E-state index in [0.717, 1.165) is 11.3 Å². The second-order valence-electron chi connectivity index (χ2n) is 5.81. The Hall–Kier alpha value is -2.45. The molecule has 8 heteroatoms. The molecule has 0 bridgehead atoms. The summed E-state index contributed by atoms with van der Waals surface area (Å²) in [4.78, 5) is 15.3. The molecule has 1 N–H and O–H groups in total. The number of nitrogens with one attached hydrogen (secondary N) is 1. The van der Waals surface area contributed by atoms with Crippen LogP contribution in [0, 0.1) is 4.77 Å². The average Bonchev–Trinajstić information content (AvgIpc) is 3.29. The third-order valence-corrected chi connectivity index (χ3v) is 5.23. The Morgan fingerprint density at radius 2 is 2.12 bits per heavy atom. The van der Waals surface area contributed by atoms with Gasteiger partial charge in [-0.3, -0.25) is 14.5 Å². The Morgan fingerprint density at radius 1 is 1.35 bits per heavy atom. The van der Waals surface area contributed by atoms with Crippen molar-refractivity contribution in [2.45, 2.75) is 19.5 Å². The van der Waals surface area contributed by atoms with Crippen molar-refractivity contribution in [1.29, 1.82) is 0 Å². The molecule has 0 unspecified atom stereocenters. The molecule has 6 nitrogen and oxygen atoms in total. The number of amides is 1. The molecule has 2 heterocycles. The van der Waals surface area contributed by atoms with Crippen molar-refractivity contribution in [2.75, 3.05) is 14.2 Å². The van der Waals surface area contributed by atoms with Crippen molar-refractivity contribution in [1.82, 2.24) is 19.7 Å². The molecule has 2 aromatic heterocycles. The number of carbonyl (C=O) groups excluding carboxylic acids is 1. The quantitative estimate of drug-likeness (QED) is 0.627. The van der Waals surface area contributed by atoms with Gasteiger partial charge in [-0.1, -0.05) is 6.07 Å². The SMILES string of the molecule is COc1ccc(-c2n[nH]c(=S)n2CCC(=O)N(C)Cc2cccs2)cc1. The molecule has 1 amide bonds. The summed E-state index contributed by atoms with van der Waals surface area (Å²) in [5.41, 5.74) is 0.914. The summed E-state index contributed by atoms with van der Waals surface area (Å²) in [5, 5.41) is 9.14. The van der Waals surface area contributed by atoms with Crippen LogP contribution in [0.5, 0.6) is 5.75 Å². The topological polar surface area (TPSA) is 63.1 Å². The van der Waals surface area contributed by atoms with Gasteiger partial charge in [0.1, 0.15) is 5.75 Å². The van der Waals surface area contributed by atoms with Crippen molar-refractivity contribution >= 4 is 29.5 Å². The van der Waals surface area contributed by atoms with Crippen molar-refractivity contribution < 1.29 is 9.53 Å². The highest BCUT2D eigenvalue weighted by atomic mass is 32.1. The number of nitrogens with zero attached hydrogens (tertiary/aromatic N) is 3. The average molecular weight is 389 g/mol. The van der Waals surface area contributed by atoms with E-state index in [4.69, 9.17) is 17.0 Å². The van der Waals surface area contributed by atoms with E-state index in [1.54, 1.807) is 23.3 Å². The lowest BCUT2D eigenvalue weighted by molar-refractivity contribution is -0.130. The zero-order chi connectivity index (χ0) is 18.5. The summed E-state index contributed by atoms with van der Waals surface area (Å²) in [5.74, 6) is 1.56. The largest absolute Gasteiger partial charge is 0.497 e. The Kier molecular flexibility index (Phi) is 5.85. The van der Waals surface area contributed by atoms with Crippen LogP contribution in [-0.4, -0.2) is 39.7 Å². The first-order chi connectivity index (χ1) is 12.6. The molecule has 0 atom stereocenters. The second kappa shape index (κ2) is 8.29. The minimum absolute atomic E-state index is 0.0715. The highest BCUT2D eigenvalue weighted by Gasteiger charge is 2.14. The van der Waals surface area contributed by atoms with E-state index in [1.807, 2.05) is 53.4 Å². The molecule has 0 saturated carbocycles. The van der Waals surface area contributed by atoms with Crippen LogP contribution in [0.15, 0.2) is 41.8 Å². The molecule has 0 spiro atoms. The highest BCUT2D eigenvalue weighted by molar-refractivity contribution is 7.71. The molecule has 0 aliphatic rings. The van der Waals surface area contributed by atoms with Crippen molar-refractivity contribution in [3.05, 3.63) is 51.4 Å². The number of hydrogen-bond acceptors (Lipinski definition) is 5. The lowest BCUT2D eigenvalue weighted by Gasteiger charge is -2.16. The second-order valence-corrected chi connectivity index (χ2v) is 7.23. The molecule has 0 fully saturated rings. The Morgan fingerprint density at radius 3 is 2.77 bits per heavy atom. The third kappa shape index (κ3) is 4.20. The number of methoxy groups -OCH3 is 1. The number of aromatic amines is 1. The number of hydrogen-bond donors (Lipinski definition) is 1. The molecular formula is C18H20N4O2S2. The molecule has 0 aliphatic carbocycles. The van der Waals surface area contributed by atoms with Gasteiger partial charge in [0.15, 0.2) is 10.6 Å². The van der Waals surface area contributed by atoms with Gasteiger partial charge in [-0.15, -0.1) is 11.3 Å². The van der Waals surface area contributed by atoms with Gasteiger partial charge in [-0.05, 0) is 47.9 Å². The van der Waals surface area contributed by atoms with Gasteiger partial charge >= 0.3 is 0 Å². The predicted molar refractivity (Wildman–Crippen MR) is 105 cm³/mol. The summed E-state index contributed by atoms with van der Waals surface area (Å²) in [6.45, 7) is 1.10. The number of aromatic nitrogens is 3. The maximum atomic E-state index is 12.4. The van der Waals surface area contributed by atoms with E-state index in [9.17, 15) is 4.79 Å². The maximum absolute atomic E-state index is 12.4. The maximum Gasteiger partial charge on any atom is 0.224 e. The summed E-state index contributed by atoms with van der Waals surface area (Å²) in [7, 11) is 3.45. The van der Waals surface area contributed by atoms with Crippen LogP contribution in [0.25, 0.3) is 11.4 Å². The van der Waals surface area contributed by atoms with E-state index in [2.05, 4.69) is 10.2 Å². The fourth-order valence-electron chi connectivity index (χ4n) is 2.61. The molecule has 136 valence electrons. The number of carbonyl (C=O) groups is 1. The van der Waals surface area contributed by atoms with Crippen LogP contribution in [0.4, 0.5) is 0 Å². The van der Waals surface area contributed by atoms with E-state index < -0.39 is 0 Å². The fourth-order valence-corrected chi connectivity index (χ4v) is 3.59. The lowest BCUT2D eigenvalue weighted by atomic mass is 10.2. The molecule has 3 rings (SSSR count). The van der Waals surface area contributed by atoms with Crippen LogP contribution in [0.2, 0.25) is 0 Å². The Bertz CT molecular complexity index is 914. The van der Waals surface area contributed by atoms with Crippen LogP contribution >= 0.6 is 23.6 Å². The number of ether oxygens (including phenoxy) is 1. The van der Waals surface area contributed by atoms with E-state index in [1.165, 1.54) is 4.88 Å². The molecular weight excluding hydrogens is 368 g/mol. The van der Waals surface area contributed by atoms with Gasteiger partial charge in [0, 0.05) is 30.5 Å². The van der Waals surface area contributed by atoms with E-state index >= 15 is 0 Å². The Labute approximate surface area is 161 Å².